The van der Waals surface area contributed by atoms with E-state index in [1.54, 1.807) is 0 Å². The zero-order valence-electron chi connectivity index (χ0n) is 8.55. The molecule has 0 spiro atoms. The predicted octanol–water partition coefficient (Wildman–Crippen LogP) is 3.73. The molecule has 3 heteroatoms. The van der Waals surface area contributed by atoms with Gasteiger partial charge >= 0.3 is 0 Å². The van der Waals surface area contributed by atoms with Crippen molar-refractivity contribution in [1.82, 2.24) is 0 Å². The second kappa shape index (κ2) is 4.22. The van der Waals surface area contributed by atoms with Gasteiger partial charge in [-0.2, -0.15) is 0 Å². The molecule has 1 fully saturated rings. The first-order chi connectivity index (χ1) is 7.13. The van der Waals surface area contributed by atoms with E-state index >= 15 is 0 Å². The lowest BCUT2D eigenvalue weighted by atomic mass is 9.88. The van der Waals surface area contributed by atoms with Crippen LogP contribution in [0.2, 0.25) is 0 Å². The minimum atomic E-state index is -1.06. The van der Waals surface area contributed by atoms with Gasteiger partial charge in [0.25, 0.3) is 0 Å². The molecule has 1 aliphatic carbocycles. The van der Waals surface area contributed by atoms with E-state index in [0.717, 1.165) is 30.2 Å². The number of hydrogen-bond acceptors (Lipinski definition) is 1. The van der Waals surface area contributed by atoms with Gasteiger partial charge in [-0.3, -0.25) is 0 Å². The van der Waals surface area contributed by atoms with Crippen LogP contribution in [0.1, 0.15) is 37.4 Å². The Hall–Kier alpha value is -0.410. The highest BCUT2D eigenvalue weighted by Crippen LogP contribution is 2.42. The molecule has 1 saturated carbocycles. The summed E-state index contributed by atoms with van der Waals surface area (Å²) in [6, 6.07) is 7.41. The van der Waals surface area contributed by atoms with E-state index in [2.05, 4.69) is 15.9 Å². The molecule has 2 N–H and O–H groups in total. The molecule has 1 unspecified atom stereocenters. The number of halogens is 2. The van der Waals surface area contributed by atoms with Crippen LogP contribution in [0.5, 0.6) is 0 Å². The Bertz CT molecular complexity index is 347. The highest BCUT2D eigenvalue weighted by atomic mass is 79.9. The van der Waals surface area contributed by atoms with E-state index in [1.165, 1.54) is 0 Å². The Balaban J connectivity index is 2.27. The highest BCUT2D eigenvalue weighted by Gasteiger charge is 2.39. The Morgan fingerprint density at radius 2 is 1.87 bits per heavy atom. The number of alkyl halides is 1. The average Bonchev–Trinajstić information content (AvgIpc) is 2.66. The van der Waals surface area contributed by atoms with Gasteiger partial charge in [-0.25, -0.2) is 4.39 Å². The van der Waals surface area contributed by atoms with Crippen LogP contribution in [0.3, 0.4) is 0 Å². The van der Waals surface area contributed by atoms with Crippen LogP contribution in [-0.4, -0.2) is 5.54 Å². The smallest absolute Gasteiger partial charge is 0.144 e. The number of nitrogens with two attached hydrogens (primary N) is 1. The first kappa shape index (κ1) is 11.1. The summed E-state index contributed by atoms with van der Waals surface area (Å²) in [5.74, 6) is 0. The van der Waals surface area contributed by atoms with Crippen molar-refractivity contribution in [2.45, 2.75) is 37.4 Å². The van der Waals surface area contributed by atoms with Gasteiger partial charge in [-0.15, -0.1) is 0 Å². The molecule has 0 heterocycles. The summed E-state index contributed by atoms with van der Waals surface area (Å²) in [4.78, 5) is 0. The summed E-state index contributed by atoms with van der Waals surface area (Å²) in [5, 5.41) is 0. The van der Waals surface area contributed by atoms with E-state index in [9.17, 15) is 4.39 Å². The molecule has 15 heavy (non-hydrogen) atoms. The minimum absolute atomic E-state index is 0.649. The topological polar surface area (TPSA) is 26.0 Å². The van der Waals surface area contributed by atoms with Gasteiger partial charge in [-0.1, -0.05) is 47.0 Å². The molecule has 1 nitrogen and oxygen atoms in total. The third kappa shape index (κ3) is 2.08. The quantitative estimate of drug-likeness (QED) is 0.872. The normalized spacial score (nSPS) is 21.5. The van der Waals surface area contributed by atoms with Gasteiger partial charge in [0.2, 0.25) is 0 Å². The van der Waals surface area contributed by atoms with Crippen molar-refractivity contribution in [3.05, 3.63) is 34.3 Å². The van der Waals surface area contributed by atoms with Crippen LogP contribution in [0.15, 0.2) is 28.7 Å². The van der Waals surface area contributed by atoms with E-state index < -0.39 is 11.7 Å². The van der Waals surface area contributed by atoms with Crippen LogP contribution in [-0.2, 0) is 0 Å². The standard InChI is InChI=1S/C12H15BrFN/c13-10-6-2-1-5-9(10)11(14)12(15)7-3-4-8-12/h1-2,5-6,11H,3-4,7-8,15H2. The fraction of sp³-hybridized carbons (Fsp3) is 0.500. The largest absolute Gasteiger partial charge is 0.322 e. The van der Waals surface area contributed by atoms with Gasteiger partial charge in [0.05, 0.1) is 5.54 Å². The molecule has 1 aromatic carbocycles. The van der Waals surface area contributed by atoms with Crippen LogP contribution in [0.4, 0.5) is 4.39 Å². The van der Waals surface area contributed by atoms with Crippen molar-refractivity contribution in [3.63, 3.8) is 0 Å². The molecule has 0 saturated heterocycles. The molecule has 1 aromatic rings. The van der Waals surface area contributed by atoms with Crippen LogP contribution in [0, 0.1) is 0 Å². The minimum Gasteiger partial charge on any atom is -0.322 e. The average molecular weight is 272 g/mol. The lowest BCUT2D eigenvalue weighted by Gasteiger charge is -2.28. The second-order valence-corrected chi connectivity index (χ2v) is 5.18. The van der Waals surface area contributed by atoms with Crippen LogP contribution >= 0.6 is 15.9 Å². The third-order valence-corrected chi connectivity index (χ3v) is 3.94. The van der Waals surface area contributed by atoms with E-state index in [-0.39, 0.29) is 0 Å². The first-order valence-corrected chi connectivity index (χ1v) is 6.10. The lowest BCUT2D eigenvalue weighted by molar-refractivity contribution is 0.194. The molecular formula is C12H15BrFN. The number of hydrogen-bond donors (Lipinski definition) is 1. The SMILES string of the molecule is NC1(C(F)c2ccccc2Br)CCCC1. The summed E-state index contributed by atoms with van der Waals surface area (Å²) in [5.41, 5.74) is 6.14. The van der Waals surface area contributed by atoms with Gasteiger partial charge in [0.1, 0.15) is 6.17 Å². The summed E-state index contributed by atoms with van der Waals surface area (Å²) in [6.07, 6.45) is 2.60. The second-order valence-electron chi connectivity index (χ2n) is 4.32. The van der Waals surface area contributed by atoms with Crippen LogP contribution in [0.25, 0.3) is 0 Å². The fourth-order valence-electron chi connectivity index (χ4n) is 2.28. The molecule has 0 amide bonds. The highest BCUT2D eigenvalue weighted by molar-refractivity contribution is 9.10. The summed E-state index contributed by atoms with van der Waals surface area (Å²) < 4.78 is 15.1. The maximum Gasteiger partial charge on any atom is 0.144 e. The van der Waals surface area contributed by atoms with Crippen molar-refractivity contribution in [1.29, 1.82) is 0 Å². The summed E-state index contributed by atoms with van der Waals surface area (Å²) in [6.45, 7) is 0. The molecule has 0 radical (unpaired) electrons. The molecule has 1 aliphatic rings. The zero-order chi connectivity index (χ0) is 10.9. The van der Waals surface area contributed by atoms with Crippen molar-refractivity contribution < 1.29 is 4.39 Å². The van der Waals surface area contributed by atoms with E-state index in [4.69, 9.17) is 5.73 Å². The van der Waals surface area contributed by atoms with Crippen molar-refractivity contribution in [3.8, 4) is 0 Å². The van der Waals surface area contributed by atoms with Gasteiger partial charge < -0.3 is 5.73 Å². The van der Waals surface area contributed by atoms with Crippen molar-refractivity contribution in [2.75, 3.05) is 0 Å². The van der Waals surface area contributed by atoms with E-state index in [1.807, 2.05) is 24.3 Å². The summed E-state index contributed by atoms with van der Waals surface area (Å²) in [7, 11) is 0. The molecular weight excluding hydrogens is 257 g/mol. The summed E-state index contributed by atoms with van der Waals surface area (Å²) >= 11 is 3.37. The predicted molar refractivity (Wildman–Crippen MR) is 63.4 cm³/mol. The monoisotopic (exact) mass is 271 g/mol. The molecule has 1 atom stereocenters. The Morgan fingerprint density at radius 1 is 1.27 bits per heavy atom. The molecule has 2 rings (SSSR count). The Morgan fingerprint density at radius 3 is 2.47 bits per heavy atom. The van der Waals surface area contributed by atoms with Gasteiger partial charge in [0.15, 0.2) is 0 Å². The van der Waals surface area contributed by atoms with E-state index in [0.29, 0.717) is 5.56 Å². The van der Waals surface area contributed by atoms with Gasteiger partial charge in [-0.05, 0) is 18.9 Å². The van der Waals surface area contributed by atoms with Gasteiger partial charge in [0, 0.05) is 10.0 Å². The lowest BCUT2D eigenvalue weighted by Crippen LogP contribution is -2.41. The maximum absolute atomic E-state index is 14.3. The maximum atomic E-state index is 14.3. The zero-order valence-corrected chi connectivity index (χ0v) is 10.1. The Kier molecular flexibility index (Phi) is 3.12. The van der Waals surface area contributed by atoms with Crippen molar-refractivity contribution in [2.24, 2.45) is 5.73 Å². The molecule has 0 aliphatic heterocycles. The van der Waals surface area contributed by atoms with Crippen molar-refractivity contribution >= 4 is 15.9 Å². The first-order valence-electron chi connectivity index (χ1n) is 5.31. The Labute approximate surface area is 98.0 Å². The fourth-order valence-corrected chi connectivity index (χ4v) is 2.76. The number of benzene rings is 1. The number of rotatable bonds is 2. The molecule has 82 valence electrons. The third-order valence-electron chi connectivity index (χ3n) is 3.22. The van der Waals surface area contributed by atoms with Crippen LogP contribution < -0.4 is 5.73 Å². The molecule has 0 bridgehead atoms. The molecule has 0 aromatic heterocycles.